The number of benzene rings is 1. The summed E-state index contributed by atoms with van der Waals surface area (Å²) in [5, 5.41) is 3.46. The lowest BCUT2D eigenvalue weighted by Gasteiger charge is -2.18. The summed E-state index contributed by atoms with van der Waals surface area (Å²) in [7, 11) is 0. The van der Waals surface area contributed by atoms with Crippen LogP contribution in [-0.2, 0) is 0 Å². The van der Waals surface area contributed by atoms with Crippen molar-refractivity contribution in [2.24, 2.45) is 0 Å². The number of hydrogen-bond donors (Lipinski definition) is 1. The Balaban J connectivity index is 2.14. The van der Waals surface area contributed by atoms with Crippen LogP contribution in [0.15, 0.2) is 41.2 Å². The third-order valence-electron chi connectivity index (χ3n) is 3.01. The Kier molecular flexibility index (Phi) is 4.50. The minimum atomic E-state index is 0.186. The quantitative estimate of drug-likeness (QED) is 0.826. The van der Waals surface area contributed by atoms with Crippen LogP contribution < -0.4 is 10.1 Å². The molecule has 0 amide bonds. The zero-order valence-corrected chi connectivity index (χ0v) is 11.8. The van der Waals surface area contributed by atoms with Crippen LogP contribution in [0.1, 0.15) is 37.4 Å². The second-order valence-corrected chi connectivity index (χ2v) is 4.77. The van der Waals surface area contributed by atoms with Crippen molar-refractivity contribution in [2.45, 2.75) is 33.2 Å². The van der Waals surface area contributed by atoms with Gasteiger partial charge in [-0.15, -0.1) is 0 Å². The highest BCUT2D eigenvalue weighted by Crippen LogP contribution is 2.29. The van der Waals surface area contributed by atoms with E-state index in [2.05, 4.69) is 44.3 Å². The molecule has 0 bridgehead atoms. The van der Waals surface area contributed by atoms with Crippen molar-refractivity contribution in [3.63, 3.8) is 0 Å². The standard InChI is InChI=1S/C16H21NO2/c1-4-8-19-16-10-12(2)5-6-15(16)17-13(3)14-7-9-18-11-14/h5-7,9-11,13,17H,4,8H2,1-3H3. The number of furan rings is 1. The third kappa shape index (κ3) is 3.53. The van der Waals surface area contributed by atoms with E-state index in [1.54, 1.807) is 12.5 Å². The molecule has 0 fully saturated rings. The Morgan fingerprint density at radius 2 is 2.16 bits per heavy atom. The van der Waals surface area contributed by atoms with Gasteiger partial charge in [-0.2, -0.15) is 0 Å². The van der Waals surface area contributed by atoms with E-state index in [9.17, 15) is 0 Å². The van der Waals surface area contributed by atoms with E-state index in [4.69, 9.17) is 9.15 Å². The third-order valence-corrected chi connectivity index (χ3v) is 3.01. The van der Waals surface area contributed by atoms with Crippen molar-refractivity contribution in [3.8, 4) is 5.75 Å². The second-order valence-electron chi connectivity index (χ2n) is 4.77. The summed E-state index contributed by atoms with van der Waals surface area (Å²) in [5.41, 5.74) is 3.35. The average Bonchev–Trinajstić information content (AvgIpc) is 2.93. The van der Waals surface area contributed by atoms with Crippen LogP contribution in [0.2, 0.25) is 0 Å². The summed E-state index contributed by atoms with van der Waals surface area (Å²) < 4.78 is 10.9. The molecule has 0 aliphatic carbocycles. The van der Waals surface area contributed by atoms with Gasteiger partial charge in [-0.1, -0.05) is 13.0 Å². The molecule has 0 aliphatic rings. The number of rotatable bonds is 6. The molecule has 1 N–H and O–H groups in total. The van der Waals surface area contributed by atoms with Gasteiger partial charge in [0.1, 0.15) is 5.75 Å². The Bertz CT molecular complexity index is 505. The van der Waals surface area contributed by atoms with E-state index in [1.807, 2.05) is 6.07 Å². The van der Waals surface area contributed by atoms with E-state index >= 15 is 0 Å². The van der Waals surface area contributed by atoms with Gasteiger partial charge in [0.15, 0.2) is 0 Å². The van der Waals surface area contributed by atoms with Crippen molar-refractivity contribution in [3.05, 3.63) is 47.9 Å². The predicted molar refractivity (Wildman–Crippen MR) is 77.7 cm³/mol. The summed E-state index contributed by atoms with van der Waals surface area (Å²) in [6.45, 7) is 7.02. The van der Waals surface area contributed by atoms with Crippen LogP contribution in [-0.4, -0.2) is 6.61 Å². The maximum atomic E-state index is 5.80. The van der Waals surface area contributed by atoms with Gasteiger partial charge >= 0.3 is 0 Å². The van der Waals surface area contributed by atoms with Crippen molar-refractivity contribution < 1.29 is 9.15 Å². The molecule has 3 heteroatoms. The van der Waals surface area contributed by atoms with Crippen LogP contribution in [0.4, 0.5) is 5.69 Å². The van der Waals surface area contributed by atoms with Gasteiger partial charge in [0, 0.05) is 5.56 Å². The summed E-state index contributed by atoms with van der Waals surface area (Å²) in [4.78, 5) is 0. The number of ether oxygens (including phenoxy) is 1. The van der Waals surface area contributed by atoms with Crippen LogP contribution in [0.5, 0.6) is 5.75 Å². The molecule has 102 valence electrons. The van der Waals surface area contributed by atoms with Crippen molar-refractivity contribution in [1.29, 1.82) is 0 Å². The molecule has 2 aromatic rings. The lowest BCUT2D eigenvalue weighted by molar-refractivity contribution is 0.318. The molecule has 1 heterocycles. The van der Waals surface area contributed by atoms with Gasteiger partial charge in [0.2, 0.25) is 0 Å². The molecule has 1 aromatic heterocycles. The van der Waals surface area contributed by atoms with Gasteiger partial charge in [0.05, 0.1) is 30.9 Å². The first-order chi connectivity index (χ1) is 9.20. The van der Waals surface area contributed by atoms with Crippen LogP contribution >= 0.6 is 0 Å². The largest absolute Gasteiger partial charge is 0.491 e. The topological polar surface area (TPSA) is 34.4 Å². The first-order valence-electron chi connectivity index (χ1n) is 6.72. The van der Waals surface area contributed by atoms with Crippen molar-refractivity contribution in [1.82, 2.24) is 0 Å². The molecule has 1 aromatic carbocycles. The molecular weight excluding hydrogens is 238 g/mol. The average molecular weight is 259 g/mol. The Labute approximate surface area is 114 Å². The summed E-state index contributed by atoms with van der Waals surface area (Å²) >= 11 is 0. The van der Waals surface area contributed by atoms with E-state index < -0.39 is 0 Å². The SMILES string of the molecule is CCCOc1cc(C)ccc1NC(C)c1ccoc1. The molecule has 1 unspecified atom stereocenters. The minimum absolute atomic E-state index is 0.186. The fourth-order valence-electron chi connectivity index (χ4n) is 1.92. The molecule has 19 heavy (non-hydrogen) atoms. The number of aryl methyl sites for hydroxylation is 1. The molecule has 0 saturated heterocycles. The fraction of sp³-hybridized carbons (Fsp3) is 0.375. The van der Waals surface area contributed by atoms with Gasteiger partial charge < -0.3 is 14.5 Å². The molecule has 0 radical (unpaired) electrons. The van der Waals surface area contributed by atoms with Gasteiger partial charge in [0.25, 0.3) is 0 Å². The zero-order chi connectivity index (χ0) is 13.7. The maximum Gasteiger partial charge on any atom is 0.142 e. The van der Waals surface area contributed by atoms with E-state index in [-0.39, 0.29) is 6.04 Å². The first-order valence-corrected chi connectivity index (χ1v) is 6.72. The van der Waals surface area contributed by atoms with Crippen molar-refractivity contribution >= 4 is 5.69 Å². The minimum Gasteiger partial charge on any atom is -0.491 e. The van der Waals surface area contributed by atoms with Crippen molar-refractivity contribution in [2.75, 3.05) is 11.9 Å². The maximum absolute atomic E-state index is 5.80. The molecule has 3 nitrogen and oxygen atoms in total. The van der Waals surface area contributed by atoms with E-state index in [1.165, 1.54) is 5.56 Å². The normalized spacial score (nSPS) is 12.2. The molecular formula is C16H21NO2. The molecule has 2 rings (SSSR count). The van der Waals surface area contributed by atoms with Gasteiger partial charge in [-0.25, -0.2) is 0 Å². The highest BCUT2D eigenvalue weighted by Gasteiger charge is 2.10. The lowest BCUT2D eigenvalue weighted by atomic mass is 10.1. The van der Waals surface area contributed by atoms with Crippen LogP contribution in [0.25, 0.3) is 0 Å². The van der Waals surface area contributed by atoms with Gasteiger partial charge in [-0.05, 0) is 44.0 Å². The Morgan fingerprint density at radius 3 is 2.84 bits per heavy atom. The molecule has 0 aliphatic heterocycles. The van der Waals surface area contributed by atoms with Gasteiger partial charge in [-0.3, -0.25) is 0 Å². The molecule has 0 saturated carbocycles. The smallest absolute Gasteiger partial charge is 0.142 e. The highest BCUT2D eigenvalue weighted by molar-refractivity contribution is 5.58. The summed E-state index contributed by atoms with van der Waals surface area (Å²) in [5.74, 6) is 0.914. The fourth-order valence-corrected chi connectivity index (χ4v) is 1.92. The summed E-state index contributed by atoms with van der Waals surface area (Å²) in [6, 6.07) is 8.38. The second kappa shape index (κ2) is 6.32. The number of anilines is 1. The predicted octanol–water partition coefficient (Wildman–Crippen LogP) is 4.55. The first kappa shape index (κ1) is 13.5. The molecule has 0 spiro atoms. The number of nitrogens with one attached hydrogen (secondary N) is 1. The highest BCUT2D eigenvalue weighted by atomic mass is 16.5. The van der Waals surface area contributed by atoms with E-state index in [0.29, 0.717) is 0 Å². The lowest BCUT2D eigenvalue weighted by Crippen LogP contribution is -2.08. The summed E-state index contributed by atoms with van der Waals surface area (Å²) in [6.07, 6.45) is 4.46. The Morgan fingerprint density at radius 1 is 1.32 bits per heavy atom. The monoisotopic (exact) mass is 259 g/mol. The van der Waals surface area contributed by atoms with Crippen LogP contribution in [0.3, 0.4) is 0 Å². The van der Waals surface area contributed by atoms with E-state index in [0.717, 1.165) is 30.0 Å². The molecule has 1 atom stereocenters. The number of hydrogen-bond acceptors (Lipinski definition) is 3. The Hall–Kier alpha value is -1.90. The van der Waals surface area contributed by atoms with Crippen LogP contribution in [0, 0.1) is 6.92 Å². The zero-order valence-electron chi connectivity index (χ0n) is 11.8.